The summed E-state index contributed by atoms with van der Waals surface area (Å²) in [5.41, 5.74) is 1.05. The second-order valence-corrected chi connectivity index (χ2v) is 4.38. The Morgan fingerprint density at radius 1 is 1.29 bits per heavy atom. The van der Waals surface area contributed by atoms with E-state index in [1.807, 2.05) is 24.3 Å². The first-order valence-electron chi connectivity index (χ1n) is 5.47. The van der Waals surface area contributed by atoms with E-state index in [1.165, 1.54) is 0 Å². The maximum Gasteiger partial charge on any atom is 0.126 e. The average molecular weight is 246 g/mol. The minimum Gasteiger partial charge on any atom is -0.370 e. The third-order valence-corrected chi connectivity index (χ3v) is 3.06. The lowest BCUT2D eigenvalue weighted by molar-refractivity contribution is 1.04. The zero-order valence-corrected chi connectivity index (χ0v) is 10.4. The summed E-state index contributed by atoms with van der Waals surface area (Å²) in [4.78, 5) is 12.6. The molecule has 5 heteroatoms. The summed E-state index contributed by atoms with van der Waals surface area (Å²) in [5.74, 6) is 1.74. The van der Waals surface area contributed by atoms with Crippen LogP contribution in [0.4, 0.5) is 5.82 Å². The van der Waals surface area contributed by atoms with E-state index in [1.54, 1.807) is 24.3 Å². The van der Waals surface area contributed by atoms with Crippen molar-refractivity contribution in [3.8, 4) is 0 Å². The van der Waals surface area contributed by atoms with Gasteiger partial charge in [-0.3, -0.25) is 0 Å². The van der Waals surface area contributed by atoms with Crippen molar-refractivity contribution in [1.82, 2.24) is 15.0 Å². The molecule has 0 atom stereocenters. The van der Waals surface area contributed by atoms with Gasteiger partial charge < -0.3 is 5.32 Å². The van der Waals surface area contributed by atoms with Crippen LogP contribution >= 0.6 is 11.8 Å². The predicted octanol–water partition coefficient (Wildman–Crippen LogP) is 2.60. The zero-order chi connectivity index (χ0) is 11.9. The highest BCUT2D eigenvalue weighted by atomic mass is 32.2. The van der Waals surface area contributed by atoms with E-state index >= 15 is 0 Å². The molecule has 0 radical (unpaired) electrons. The van der Waals surface area contributed by atoms with Crippen LogP contribution in [-0.2, 0) is 5.75 Å². The molecular weight excluding hydrogens is 232 g/mol. The molecule has 0 aliphatic heterocycles. The molecule has 0 saturated carbocycles. The number of aromatic nitrogens is 3. The van der Waals surface area contributed by atoms with E-state index in [0.29, 0.717) is 0 Å². The predicted molar refractivity (Wildman–Crippen MR) is 70.0 cm³/mol. The fraction of sp³-hybridized carbons (Fsp3) is 0.250. The van der Waals surface area contributed by atoms with Crippen molar-refractivity contribution in [2.24, 2.45) is 0 Å². The summed E-state index contributed by atoms with van der Waals surface area (Å²) in [6, 6.07) is 7.91. The highest BCUT2D eigenvalue weighted by molar-refractivity contribution is 7.98. The maximum atomic E-state index is 4.50. The molecule has 2 aromatic rings. The first-order chi connectivity index (χ1) is 8.38. The van der Waals surface area contributed by atoms with Crippen molar-refractivity contribution in [3.63, 3.8) is 0 Å². The van der Waals surface area contributed by atoms with Gasteiger partial charge in [-0.15, -0.1) is 0 Å². The number of hydrogen-bond acceptors (Lipinski definition) is 5. The zero-order valence-electron chi connectivity index (χ0n) is 9.63. The molecule has 0 aliphatic rings. The van der Waals surface area contributed by atoms with Crippen LogP contribution < -0.4 is 5.32 Å². The van der Waals surface area contributed by atoms with Gasteiger partial charge in [0.25, 0.3) is 0 Å². The average Bonchev–Trinajstić information content (AvgIpc) is 2.39. The normalized spacial score (nSPS) is 10.2. The van der Waals surface area contributed by atoms with Crippen LogP contribution in [0.15, 0.2) is 41.8 Å². The van der Waals surface area contributed by atoms with Crippen LogP contribution in [0.25, 0.3) is 0 Å². The molecule has 88 valence electrons. The van der Waals surface area contributed by atoms with Crippen molar-refractivity contribution in [1.29, 1.82) is 0 Å². The van der Waals surface area contributed by atoms with Gasteiger partial charge in [0.15, 0.2) is 0 Å². The summed E-state index contributed by atoms with van der Waals surface area (Å²) < 4.78 is 0. The molecule has 0 aliphatic carbocycles. The van der Waals surface area contributed by atoms with Gasteiger partial charge in [-0.25, -0.2) is 15.0 Å². The lowest BCUT2D eigenvalue weighted by Gasteiger charge is -2.04. The second kappa shape index (κ2) is 6.20. The smallest absolute Gasteiger partial charge is 0.126 e. The molecular formula is C12H14N4S. The Morgan fingerprint density at radius 3 is 3.00 bits per heavy atom. The van der Waals surface area contributed by atoms with E-state index < -0.39 is 0 Å². The van der Waals surface area contributed by atoms with Gasteiger partial charge >= 0.3 is 0 Å². The summed E-state index contributed by atoms with van der Waals surface area (Å²) in [6.45, 7) is 2.94. The van der Waals surface area contributed by atoms with Crippen LogP contribution in [0, 0.1) is 0 Å². The van der Waals surface area contributed by atoms with E-state index in [4.69, 9.17) is 0 Å². The molecule has 0 saturated heterocycles. The number of nitrogens with zero attached hydrogens (tertiary/aromatic N) is 3. The van der Waals surface area contributed by atoms with Crippen molar-refractivity contribution >= 4 is 17.6 Å². The fourth-order valence-corrected chi connectivity index (χ4v) is 2.09. The quantitative estimate of drug-likeness (QED) is 0.649. The lowest BCUT2D eigenvalue weighted by atomic mass is 10.4. The highest BCUT2D eigenvalue weighted by Crippen LogP contribution is 2.19. The third kappa shape index (κ3) is 3.71. The Kier molecular flexibility index (Phi) is 4.32. The SMILES string of the molecule is CCNc1cccc(CSc2ccncn2)n1. The minimum absolute atomic E-state index is 0.816. The van der Waals surface area contributed by atoms with Crippen molar-refractivity contribution in [3.05, 3.63) is 42.5 Å². The largest absolute Gasteiger partial charge is 0.370 e. The van der Waals surface area contributed by atoms with Crippen LogP contribution in [0.2, 0.25) is 0 Å². The van der Waals surface area contributed by atoms with Gasteiger partial charge in [0.05, 0.1) is 10.7 Å². The van der Waals surface area contributed by atoms with Gasteiger partial charge in [-0.2, -0.15) is 0 Å². The van der Waals surface area contributed by atoms with Crippen LogP contribution in [0.1, 0.15) is 12.6 Å². The van der Waals surface area contributed by atoms with Gasteiger partial charge in [0, 0.05) is 18.5 Å². The molecule has 0 bridgehead atoms. The number of nitrogens with one attached hydrogen (secondary N) is 1. The first kappa shape index (κ1) is 11.9. The standard InChI is InChI=1S/C12H14N4S/c1-2-14-11-5-3-4-10(16-11)8-17-12-6-7-13-9-15-12/h3-7,9H,2,8H2,1H3,(H,14,16). The van der Waals surface area contributed by atoms with E-state index in [0.717, 1.165) is 28.8 Å². The number of anilines is 1. The number of pyridine rings is 1. The molecule has 0 fully saturated rings. The van der Waals surface area contributed by atoms with Crippen molar-refractivity contribution < 1.29 is 0 Å². The lowest BCUT2D eigenvalue weighted by Crippen LogP contribution is -2.00. The van der Waals surface area contributed by atoms with Gasteiger partial charge in [0.2, 0.25) is 0 Å². The van der Waals surface area contributed by atoms with Crippen LogP contribution in [0.5, 0.6) is 0 Å². The fourth-order valence-electron chi connectivity index (χ4n) is 1.35. The molecule has 17 heavy (non-hydrogen) atoms. The summed E-state index contributed by atoms with van der Waals surface area (Å²) >= 11 is 1.66. The number of hydrogen-bond donors (Lipinski definition) is 1. The van der Waals surface area contributed by atoms with Gasteiger partial charge in [0.1, 0.15) is 12.1 Å². The van der Waals surface area contributed by atoms with Crippen LogP contribution in [0.3, 0.4) is 0 Å². The Labute approximate surface area is 105 Å². The van der Waals surface area contributed by atoms with Crippen LogP contribution in [-0.4, -0.2) is 21.5 Å². The third-order valence-electron chi connectivity index (χ3n) is 2.09. The highest BCUT2D eigenvalue weighted by Gasteiger charge is 1.99. The van der Waals surface area contributed by atoms with E-state index in [9.17, 15) is 0 Å². The van der Waals surface area contributed by atoms with E-state index in [2.05, 4.69) is 27.2 Å². The monoisotopic (exact) mass is 246 g/mol. The first-order valence-corrected chi connectivity index (χ1v) is 6.45. The topological polar surface area (TPSA) is 50.7 Å². The number of rotatable bonds is 5. The molecule has 0 aromatic carbocycles. The molecule has 0 amide bonds. The molecule has 4 nitrogen and oxygen atoms in total. The van der Waals surface area contributed by atoms with Gasteiger partial charge in [-0.1, -0.05) is 17.8 Å². The number of thioether (sulfide) groups is 1. The molecule has 0 unspecified atom stereocenters. The van der Waals surface area contributed by atoms with Crippen molar-refractivity contribution in [2.45, 2.75) is 17.7 Å². The summed E-state index contributed by atoms with van der Waals surface area (Å²) in [6.07, 6.45) is 3.31. The summed E-state index contributed by atoms with van der Waals surface area (Å²) in [5, 5.41) is 4.17. The molecule has 2 heterocycles. The Hall–Kier alpha value is -1.62. The molecule has 1 N–H and O–H groups in total. The Bertz CT molecular complexity index is 461. The molecule has 0 spiro atoms. The summed E-state index contributed by atoms with van der Waals surface area (Å²) in [7, 11) is 0. The van der Waals surface area contributed by atoms with Crippen molar-refractivity contribution in [2.75, 3.05) is 11.9 Å². The maximum absolute atomic E-state index is 4.50. The Morgan fingerprint density at radius 2 is 2.24 bits per heavy atom. The Balaban J connectivity index is 1.97. The molecule has 2 aromatic heterocycles. The minimum atomic E-state index is 0.816. The van der Waals surface area contributed by atoms with Gasteiger partial charge in [-0.05, 0) is 25.1 Å². The molecule has 2 rings (SSSR count). The second-order valence-electron chi connectivity index (χ2n) is 3.38. The van der Waals surface area contributed by atoms with E-state index in [-0.39, 0.29) is 0 Å².